The maximum Gasteiger partial charge on any atom is 0.409 e. The van der Waals surface area contributed by atoms with Crippen LogP contribution in [0.2, 0.25) is 0 Å². The summed E-state index contributed by atoms with van der Waals surface area (Å²) in [5.74, 6) is -8.48. The number of fused-ring (bicyclic) bond motifs is 3. The lowest BCUT2D eigenvalue weighted by Crippen LogP contribution is -2.61. The van der Waals surface area contributed by atoms with Crippen LogP contribution in [-0.4, -0.2) is 215 Å². The Morgan fingerprint density at radius 2 is 1.58 bits per heavy atom. The molecular weight excluding hydrogens is 1070 g/mol. The van der Waals surface area contributed by atoms with Crippen molar-refractivity contribution in [1.82, 2.24) is 14.7 Å². The molecule has 0 aromatic carbocycles. The molecule has 0 aromatic heterocycles. The summed E-state index contributed by atoms with van der Waals surface area (Å²) in [4.78, 5) is 90.6. The number of carbonyl (C=O) groups is 6. The lowest BCUT2D eigenvalue weighted by molar-refractivity contribution is -0.266. The molecule has 6 rings (SSSR count). The molecule has 1 saturated carbocycles. The van der Waals surface area contributed by atoms with Gasteiger partial charge in [-0.05, 0) is 107 Å². The van der Waals surface area contributed by atoms with E-state index < -0.39 is 102 Å². The number of likely N-dealkylation sites (N-methyl/N-ethyl adjacent to an activating group) is 1. The van der Waals surface area contributed by atoms with Crippen LogP contribution in [0.4, 0.5) is 4.79 Å². The summed E-state index contributed by atoms with van der Waals surface area (Å²) in [6.45, 7) is 18.5. The van der Waals surface area contributed by atoms with Gasteiger partial charge in [0.05, 0.1) is 58.0 Å². The molecule has 2 amide bonds. The highest BCUT2D eigenvalue weighted by atomic mass is 16.6. The summed E-state index contributed by atoms with van der Waals surface area (Å²) in [5.41, 5.74) is 1.22. The summed E-state index contributed by atoms with van der Waals surface area (Å²) in [6.07, 6.45) is 10.0. The maximum atomic E-state index is 14.7. The Kier molecular flexibility index (Phi) is 27.0. The van der Waals surface area contributed by atoms with E-state index in [2.05, 4.69) is 4.90 Å². The van der Waals surface area contributed by atoms with E-state index in [4.69, 9.17) is 42.6 Å². The first-order valence-electron chi connectivity index (χ1n) is 30.6. The van der Waals surface area contributed by atoms with Crippen molar-refractivity contribution in [3.05, 3.63) is 47.6 Å². The van der Waals surface area contributed by atoms with Crippen LogP contribution in [0, 0.1) is 35.5 Å². The van der Waals surface area contributed by atoms with Gasteiger partial charge in [-0.25, -0.2) is 9.59 Å². The smallest absolute Gasteiger partial charge is 0.409 e. The Morgan fingerprint density at radius 1 is 0.843 bits per heavy atom. The molecule has 6 aliphatic rings. The molecular formula is C63H99N3O17. The predicted molar refractivity (Wildman–Crippen MR) is 309 cm³/mol. The highest BCUT2D eigenvalue weighted by molar-refractivity contribution is 6.39. The Hall–Kier alpha value is -4.22. The van der Waals surface area contributed by atoms with E-state index in [-0.39, 0.29) is 61.9 Å². The molecule has 15 atom stereocenters. The molecule has 5 heterocycles. The number of aliphatic hydroxyl groups is 2. The van der Waals surface area contributed by atoms with Gasteiger partial charge >= 0.3 is 12.1 Å². The number of aliphatic hydroxyl groups excluding tert-OH is 1. The highest BCUT2D eigenvalue weighted by Crippen LogP contribution is 2.38. The highest BCUT2D eigenvalue weighted by Gasteiger charge is 2.53. The molecule has 5 aliphatic heterocycles. The van der Waals surface area contributed by atoms with Crippen molar-refractivity contribution in [2.24, 2.45) is 35.5 Å². The molecule has 20 nitrogen and oxygen atoms in total. The fourth-order valence-corrected chi connectivity index (χ4v) is 12.3. The van der Waals surface area contributed by atoms with Crippen LogP contribution in [0.3, 0.4) is 0 Å². The van der Waals surface area contributed by atoms with Crippen LogP contribution >= 0.6 is 0 Å². The first-order valence-corrected chi connectivity index (χ1v) is 30.6. The van der Waals surface area contributed by atoms with Crippen molar-refractivity contribution in [2.75, 3.05) is 93.6 Å². The van der Waals surface area contributed by atoms with Crippen LogP contribution in [0.5, 0.6) is 0 Å². The van der Waals surface area contributed by atoms with Gasteiger partial charge in [0.15, 0.2) is 5.78 Å². The zero-order chi connectivity index (χ0) is 60.4. The molecule has 4 saturated heterocycles. The third kappa shape index (κ3) is 19.4. The molecule has 2 bridgehead atoms. The van der Waals surface area contributed by atoms with Gasteiger partial charge < -0.3 is 62.6 Å². The van der Waals surface area contributed by atoms with Crippen molar-refractivity contribution in [3.8, 4) is 0 Å². The molecule has 0 aromatic rings. The minimum Gasteiger partial charge on any atom is -0.460 e. The van der Waals surface area contributed by atoms with Crippen LogP contribution in [0.25, 0.3) is 0 Å². The van der Waals surface area contributed by atoms with E-state index >= 15 is 0 Å². The average Bonchev–Trinajstić information content (AvgIpc) is 3.63. The second-order valence-electron chi connectivity index (χ2n) is 24.5. The Morgan fingerprint density at radius 3 is 2.28 bits per heavy atom. The number of Topliss-reactive ketones (excluding diaryl/α,β-unsaturated/α-hetero) is 3. The van der Waals surface area contributed by atoms with Gasteiger partial charge in [-0.15, -0.1) is 0 Å². The molecule has 1 aliphatic carbocycles. The van der Waals surface area contributed by atoms with Crippen LogP contribution in [-0.2, 0) is 66.6 Å². The first-order chi connectivity index (χ1) is 39.6. The summed E-state index contributed by atoms with van der Waals surface area (Å²) in [7, 11) is 4.70. The van der Waals surface area contributed by atoms with Gasteiger partial charge in [0, 0.05) is 84.6 Å². The fourth-order valence-electron chi connectivity index (χ4n) is 12.3. The minimum atomic E-state index is -2.50. The average molecular weight is 1170 g/mol. The molecule has 0 unspecified atom stereocenters. The summed E-state index contributed by atoms with van der Waals surface area (Å²) < 4.78 is 53.3. The van der Waals surface area contributed by atoms with E-state index in [1.54, 1.807) is 45.9 Å². The van der Waals surface area contributed by atoms with Crippen LogP contribution in [0.15, 0.2) is 47.6 Å². The normalized spacial score (nSPS) is 36.5. The van der Waals surface area contributed by atoms with Gasteiger partial charge in [0.1, 0.15) is 42.3 Å². The van der Waals surface area contributed by atoms with Crippen molar-refractivity contribution in [1.29, 1.82) is 0 Å². The summed E-state index contributed by atoms with van der Waals surface area (Å²) in [5, 5.41) is 23.9. The number of allylic oxidation sites excluding steroid dienone is 6. The van der Waals surface area contributed by atoms with E-state index in [9.17, 15) is 39.0 Å². The number of cyclic esters (lactones) is 1. The fraction of sp³-hybridized carbons (Fsp3) is 0.778. The SMILES string of the molecule is CO[C@@H]1C[C@H](C[C@@H](C)[C@@H]2CC(=O)[C@H](C)/C=C(\C)[C@@H](O)[C@@H](OC)C(=O)[C@H](C)C[C@H](C)/C=C/C=C/C=C(\C)[C@@H](OCCOC3COC3)C[C@@H]3CC[C@@H](C)[C@@](O)(O3)C(=O)C(=O)N3CCCC[C@H]3C(=O)O2)CC[C@H]1OC(=O)N(C)CCN1CCOCC1. The Balaban J connectivity index is 1.24. The lowest BCUT2D eigenvalue weighted by atomic mass is 9.78. The largest absolute Gasteiger partial charge is 0.460 e. The number of carbonyl (C=O) groups excluding carboxylic acids is 6. The summed E-state index contributed by atoms with van der Waals surface area (Å²) in [6, 6.07) is -1.19. The number of esters is 1. The number of methoxy groups -OCH3 is 2. The number of amides is 2. The number of piperidine rings is 1. The summed E-state index contributed by atoms with van der Waals surface area (Å²) >= 11 is 0. The molecule has 20 heteroatoms. The number of hydrogen-bond donors (Lipinski definition) is 2. The third-order valence-corrected chi connectivity index (χ3v) is 18.0. The van der Waals surface area contributed by atoms with Crippen molar-refractivity contribution in [3.63, 3.8) is 0 Å². The molecule has 83 heavy (non-hydrogen) atoms. The number of nitrogens with zero attached hydrogens (tertiary/aromatic N) is 3. The number of hydrogen-bond acceptors (Lipinski definition) is 18. The number of ether oxygens (including phenoxy) is 9. The van der Waals surface area contributed by atoms with Crippen molar-refractivity contribution >= 4 is 35.3 Å². The zero-order valence-electron chi connectivity index (χ0n) is 51.2. The van der Waals surface area contributed by atoms with Crippen LogP contribution in [0.1, 0.15) is 126 Å². The topological polar surface area (TPSA) is 236 Å². The Labute approximate surface area is 492 Å². The number of ketones is 3. The lowest BCUT2D eigenvalue weighted by Gasteiger charge is -2.43. The number of morpholine rings is 1. The van der Waals surface area contributed by atoms with Crippen molar-refractivity contribution < 1.29 is 81.6 Å². The molecule has 0 radical (unpaired) electrons. The standard InChI is InChI=1S/C63H99N3O17/c1-40-16-12-11-13-17-41(2)53(80-31-30-79-49-38-78-39-49)36-48-21-19-46(7)63(74,83-48)59(70)60(71)66-23-15-14-18-50(66)61(72)81-54(37-51(67)42(3)33-45(6)57(69)58(76-10)56(68)44(5)32-40)43(4)34-47-20-22-52(55(35-47)75-9)82-62(73)64(8)24-25-65-26-28-77-29-27-65/h11-13,16-17,33,40,42-44,46-50,52-55,57-58,69,74H,14-15,18-32,34-39H2,1-10H3/b13-11+,16-12+,41-17+,45-33+/t40-,42-,43-,44-,46-,47+,48+,50+,52-,53+,54+,55-,57-,58+,63-/m1/s1. The van der Waals surface area contributed by atoms with E-state index in [1.165, 1.54) is 12.0 Å². The van der Waals surface area contributed by atoms with Gasteiger partial charge in [-0.2, -0.15) is 0 Å². The quantitative estimate of drug-likeness (QED) is 0.0831. The monoisotopic (exact) mass is 1170 g/mol. The van der Waals surface area contributed by atoms with Gasteiger partial charge in [0.25, 0.3) is 11.7 Å². The minimum absolute atomic E-state index is 0.00821. The van der Waals surface area contributed by atoms with E-state index in [0.29, 0.717) is 109 Å². The molecule has 5 fully saturated rings. The second-order valence-corrected chi connectivity index (χ2v) is 24.5. The van der Waals surface area contributed by atoms with Crippen LogP contribution < -0.4 is 0 Å². The number of rotatable bonds is 14. The predicted octanol–water partition coefficient (Wildman–Crippen LogP) is 6.37. The second kappa shape index (κ2) is 33.1. The Bertz CT molecular complexity index is 2260. The molecule has 468 valence electrons. The molecule has 2 N–H and O–H groups in total. The molecule has 0 spiro atoms. The maximum absolute atomic E-state index is 14.7. The van der Waals surface area contributed by atoms with Gasteiger partial charge in [0.2, 0.25) is 5.79 Å². The van der Waals surface area contributed by atoms with Gasteiger partial charge in [-0.1, -0.05) is 71.1 Å². The van der Waals surface area contributed by atoms with E-state index in [1.807, 2.05) is 58.1 Å². The zero-order valence-corrected chi connectivity index (χ0v) is 51.2. The first kappa shape index (κ1) is 67.9. The van der Waals surface area contributed by atoms with E-state index in [0.717, 1.165) is 18.7 Å². The van der Waals surface area contributed by atoms with Crippen molar-refractivity contribution in [2.45, 2.75) is 186 Å². The van der Waals surface area contributed by atoms with Gasteiger partial charge in [-0.3, -0.25) is 24.1 Å². The third-order valence-electron chi connectivity index (χ3n) is 18.0.